The number of sulfonamides is 1. The molecule has 31 heavy (non-hydrogen) atoms. The first-order valence-electron chi connectivity index (χ1n) is 8.96. The third-order valence-electron chi connectivity index (χ3n) is 4.24. The van der Waals surface area contributed by atoms with Crippen LogP contribution in [0, 0.1) is 10.1 Å². The number of anilines is 2. The zero-order chi connectivity index (χ0) is 22.6. The fourth-order valence-corrected chi connectivity index (χ4v) is 3.86. The van der Waals surface area contributed by atoms with Crippen molar-refractivity contribution < 1.29 is 22.9 Å². The number of carbonyl (C=O) groups excluding carboxylic acids is 2. The van der Waals surface area contributed by atoms with E-state index < -0.39 is 20.7 Å². The molecule has 3 aromatic rings. The number of non-ortho nitro benzene ring substituents is 1. The van der Waals surface area contributed by atoms with Crippen LogP contribution >= 0.6 is 0 Å². The van der Waals surface area contributed by atoms with Gasteiger partial charge in [0.05, 0.1) is 15.5 Å². The van der Waals surface area contributed by atoms with Crippen molar-refractivity contribution in [2.24, 2.45) is 0 Å². The predicted molar refractivity (Wildman–Crippen MR) is 115 cm³/mol. The minimum atomic E-state index is -4.02. The molecular weight excluding hydrogens is 422 g/mol. The van der Waals surface area contributed by atoms with Crippen molar-refractivity contribution >= 4 is 38.8 Å². The number of carbonyl (C=O) groups is 2. The van der Waals surface area contributed by atoms with Crippen LogP contribution in [0.1, 0.15) is 22.8 Å². The molecule has 10 heteroatoms. The van der Waals surface area contributed by atoms with E-state index in [-0.39, 0.29) is 33.3 Å². The number of para-hydroxylation sites is 1. The Morgan fingerprint density at radius 2 is 1.52 bits per heavy atom. The van der Waals surface area contributed by atoms with Crippen LogP contribution in [0.4, 0.5) is 17.1 Å². The Kier molecular flexibility index (Phi) is 6.12. The molecule has 0 radical (unpaired) electrons. The number of nitro groups is 1. The number of rotatable bonds is 7. The molecule has 0 spiro atoms. The molecule has 3 rings (SSSR count). The van der Waals surface area contributed by atoms with E-state index in [0.717, 1.165) is 0 Å². The highest BCUT2D eigenvalue weighted by molar-refractivity contribution is 7.92. The first-order valence-corrected chi connectivity index (χ1v) is 10.4. The number of amides is 1. The summed E-state index contributed by atoms with van der Waals surface area (Å²) in [6, 6.07) is 16.6. The van der Waals surface area contributed by atoms with Gasteiger partial charge in [0.15, 0.2) is 5.78 Å². The maximum atomic E-state index is 12.9. The minimum absolute atomic E-state index is 0.0563. The Labute approximate surface area is 177 Å². The summed E-state index contributed by atoms with van der Waals surface area (Å²) in [5.41, 5.74) is 0.622. The first-order chi connectivity index (χ1) is 14.7. The number of nitro benzene ring substituents is 1. The third-order valence-corrected chi connectivity index (χ3v) is 5.62. The summed E-state index contributed by atoms with van der Waals surface area (Å²) in [6.07, 6.45) is 0. The number of ketones is 1. The van der Waals surface area contributed by atoms with Crippen molar-refractivity contribution in [1.29, 1.82) is 0 Å². The Balaban J connectivity index is 1.88. The molecule has 2 N–H and O–H groups in total. The Bertz CT molecular complexity index is 1250. The highest BCUT2D eigenvalue weighted by Crippen LogP contribution is 2.24. The molecule has 0 bridgehead atoms. The lowest BCUT2D eigenvalue weighted by Gasteiger charge is -2.12. The van der Waals surface area contributed by atoms with Gasteiger partial charge in [-0.15, -0.1) is 0 Å². The fraction of sp³-hybridized carbons (Fsp3) is 0.0476. The van der Waals surface area contributed by atoms with Crippen LogP contribution < -0.4 is 10.0 Å². The summed E-state index contributed by atoms with van der Waals surface area (Å²) < 4.78 is 28.0. The van der Waals surface area contributed by atoms with E-state index >= 15 is 0 Å². The first kappa shape index (κ1) is 21.7. The van der Waals surface area contributed by atoms with Crippen molar-refractivity contribution in [3.63, 3.8) is 0 Å². The summed E-state index contributed by atoms with van der Waals surface area (Å²) in [7, 11) is -4.02. The molecule has 0 saturated heterocycles. The van der Waals surface area contributed by atoms with Gasteiger partial charge in [0.1, 0.15) is 0 Å². The highest BCUT2D eigenvalue weighted by Gasteiger charge is 2.20. The molecule has 0 aromatic heterocycles. The van der Waals surface area contributed by atoms with Crippen LogP contribution in [0.5, 0.6) is 0 Å². The van der Waals surface area contributed by atoms with Crippen LogP contribution in [0.25, 0.3) is 0 Å². The fourth-order valence-electron chi connectivity index (χ4n) is 2.78. The van der Waals surface area contributed by atoms with Gasteiger partial charge in [0.25, 0.3) is 15.7 Å². The maximum Gasteiger partial charge on any atom is 0.269 e. The van der Waals surface area contributed by atoms with Crippen LogP contribution in [0.15, 0.2) is 77.7 Å². The van der Waals surface area contributed by atoms with Crippen molar-refractivity contribution in [3.8, 4) is 0 Å². The van der Waals surface area contributed by atoms with Gasteiger partial charge in [-0.1, -0.05) is 12.1 Å². The average molecular weight is 439 g/mol. The average Bonchev–Trinajstić information content (AvgIpc) is 2.73. The van der Waals surface area contributed by atoms with Crippen molar-refractivity contribution in [2.75, 3.05) is 10.0 Å². The van der Waals surface area contributed by atoms with Crippen molar-refractivity contribution in [3.05, 3.63) is 94.0 Å². The topological polar surface area (TPSA) is 135 Å². The Hall–Kier alpha value is -4.05. The lowest BCUT2D eigenvalue weighted by molar-refractivity contribution is -0.384. The molecule has 0 aliphatic heterocycles. The largest absolute Gasteiger partial charge is 0.326 e. The molecule has 0 fully saturated rings. The van der Waals surface area contributed by atoms with Gasteiger partial charge in [0.2, 0.25) is 5.91 Å². The summed E-state index contributed by atoms with van der Waals surface area (Å²) in [5.74, 6) is -0.776. The van der Waals surface area contributed by atoms with Gasteiger partial charge in [-0.25, -0.2) is 8.42 Å². The monoisotopic (exact) mass is 439 g/mol. The van der Waals surface area contributed by atoms with Crippen LogP contribution in [-0.4, -0.2) is 25.0 Å². The number of nitrogens with one attached hydrogen (secondary N) is 2. The molecule has 1 amide bonds. The van der Waals surface area contributed by atoms with E-state index in [0.29, 0.717) is 5.69 Å². The molecule has 3 aromatic carbocycles. The summed E-state index contributed by atoms with van der Waals surface area (Å²) >= 11 is 0. The van der Waals surface area contributed by atoms with Crippen LogP contribution in [0.2, 0.25) is 0 Å². The number of nitrogens with zero attached hydrogens (tertiary/aromatic N) is 1. The number of benzene rings is 3. The minimum Gasteiger partial charge on any atom is -0.326 e. The second kappa shape index (κ2) is 8.76. The summed E-state index contributed by atoms with van der Waals surface area (Å²) in [5, 5.41) is 13.3. The molecule has 0 unspecified atom stereocenters. The third kappa shape index (κ3) is 5.11. The Morgan fingerprint density at radius 3 is 2.10 bits per heavy atom. The van der Waals surface area contributed by atoms with Crippen molar-refractivity contribution in [1.82, 2.24) is 0 Å². The van der Waals surface area contributed by atoms with Gasteiger partial charge in [-0.2, -0.15) is 0 Å². The van der Waals surface area contributed by atoms with Crippen LogP contribution in [-0.2, 0) is 14.8 Å². The zero-order valence-electron chi connectivity index (χ0n) is 16.2. The molecule has 0 aliphatic rings. The van der Waals surface area contributed by atoms with Gasteiger partial charge in [0, 0.05) is 35.9 Å². The maximum absolute atomic E-state index is 12.9. The summed E-state index contributed by atoms with van der Waals surface area (Å²) in [4.78, 5) is 34.1. The standard InChI is InChI=1S/C21H17N3O6S/c1-14(25)22-16-8-12-18(13-9-16)31(29,30)23-20-5-3-2-4-19(20)21(26)15-6-10-17(11-7-15)24(27)28/h2-13,23H,1H3,(H,22,25). The lowest BCUT2D eigenvalue weighted by Crippen LogP contribution is -2.16. The van der Waals surface area contributed by atoms with Crippen LogP contribution in [0.3, 0.4) is 0 Å². The summed E-state index contributed by atoms with van der Waals surface area (Å²) in [6.45, 7) is 1.34. The van der Waals surface area contributed by atoms with Crippen molar-refractivity contribution in [2.45, 2.75) is 11.8 Å². The van der Waals surface area contributed by atoms with Gasteiger partial charge in [-0.3, -0.25) is 24.4 Å². The molecule has 0 atom stereocenters. The van der Waals surface area contributed by atoms with E-state index in [4.69, 9.17) is 0 Å². The zero-order valence-corrected chi connectivity index (χ0v) is 17.0. The van der Waals surface area contributed by atoms with E-state index in [9.17, 15) is 28.1 Å². The second-order valence-electron chi connectivity index (χ2n) is 6.49. The SMILES string of the molecule is CC(=O)Nc1ccc(S(=O)(=O)Nc2ccccc2C(=O)c2ccc([N+](=O)[O-])cc2)cc1. The Morgan fingerprint density at radius 1 is 0.903 bits per heavy atom. The van der Waals surface area contributed by atoms with E-state index in [1.807, 2.05) is 0 Å². The normalized spacial score (nSPS) is 10.9. The highest BCUT2D eigenvalue weighted by atomic mass is 32.2. The lowest BCUT2D eigenvalue weighted by atomic mass is 10.0. The second-order valence-corrected chi connectivity index (χ2v) is 8.17. The number of hydrogen-bond acceptors (Lipinski definition) is 6. The molecule has 9 nitrogen and oxygen atoms in total. The van der Waals surface area contributed by atoms with Gasteiger partial charge in [-0.05, 0) is 48.5 Å². The molecule has 158 valence electrons. The molecule has 0 heterocycles. The number of hydrogen-bond donors (Lipinski definition) is 2. The van der Waals surface area contributed by atoms with E-state index in [1.54, 1.807) is 12.1 Å². The smallest absolute Gasteiger partial charge is 0.269 e. The molecule has 0 saturated carbocycles. The van der Waals surface area contributed by atoms with E-state index in [1.165, 1.54) is 67.6 Å². The van der Waals surface area contributed by atoms with E-state index in [2.05, 4.69) is 10.0 Å². The quantitative estimate of drug-likeness (QED) is 0.328. The molecular formula is C21H17N3O6S. The van der Waals surface area contributed by atoms with Gasteiger partial charge >= 0.3 is 0 Å². The van der Waals surface area contributed by atoms with Gasteiger partial charge < -0.3 is 5.32 Å². The predicted octanol–water partition coefficient (Wildman–Crippen LogP) is 3.59. The molecule has 0 aliphatic carbocycles.